The van der Waals surface area contributed by atoms with Crippen molar-refractivity contribution < 1.29 is 0 Å². The van der Waals surface area contributed by atoms with Crippen LogP contribution in [-0.4, -0.2) is 15.6 Å². The number of hydrogen-bond acceptors (Lipinski definition) is 3. The van der Waals surface area contributed by atoms with Crippen molar-refractivity contribution in [2.45, 2.75) is 6.54 Å². The van der Waals surface area contributed by atoms with E-state index in [0.717, 1.165) is 21.9 Å². The molecule has 0 radical (unpaired) electrons. The van der Waals surface area contributed by atoms with Crippen molar-refractivity contribution in [3.8, 4) is 0 Å². The Morgan fingerprint density at radius 1 is 1.20 bits per heavy atom. The molecule has 5 heteroatoms. The number of pyridine rings is 1. The van der Waals surface area contributed by atoms with Crippen molar-refractivity contribution in [1.82, 2.24) is 14.8 Å². The van der Waals surface area contributed by atoms with Gasteiger partial charge in [0.2, 0.25) is 0 Å². The van der Waals surface area contributed by atoms with Gasteiger partial charge in [0.1, 0.15) is 5.65 Å². The molecule has 2 aromatic heterocycles. The summed E-state index contributed by atoms with van der Waals surface area (Å²) in [5.41, 5.74) is 5.87. The van der Waals surface area contributed by atoms with E-state index in [1.54, 1.807) is 6.21 Å². The van der Waals surface area contributed by atoms with Crippen LogP contribution in [-0.2, 0) is 6.54 Å². The van der Waals surface area contributed by atoms with Gasteiger partial charge in [0.15, 0.2) is 0 Å². The summed E-state index contributed by atoms with van der Waals surface area (Å²) in [6, 6.07) is 13.4. The van der Waals surface area contributed by atoms with E-state index >= 15 is 0 Å². The Labute approximate surface area is 121 Å². The maximum Gasteiger partial charge on any atom is 0.137 e. The van der Waals surface area contributed by atoms with Crippen molar-refractivity contribution >= 4 is 23.5 Å². The molecule has 3 aromatic rings. The Morgan fingerprint density at radius 3 is 2.85 bits per heavy atom. The second-order valence-corrected chi connectivity index (χ2v) is 4.78. The van der Waals surface area contributed by atoms with Crippen LogP contribution in [0.2, 0.25) is 5.02 Å². The first-order valence-corrected chi connectivity index (χ1v) is 6.63. The third-order valence-corrected chi connectivity index (χ3v) is 3.10. The Bertz CT molecular complexity index is 698. The fourth-order valence-electron chi connectivity index (χ4n) is 1.87. The molecular weight excluding hydrogens is 272 g/mol. The second-order valence-electron chi connectivity index (χ2n) is 4.34. The van der Waals surface area contributed by atoms with Gasteiger partial charge in [0, 0.05) is 17.4 Å². The average molecular weight is 285 g/mol. The summed E-state index contributed by atoms with van der Waals surface area (Å²) in [5.74, 6) is 0. The zero-order valence-corrected chi connectivity index (χ0v) is 11.5. The van der Waals surface area contributed by atoms with Gasteiger partial charge in [0.25, 0.3) is 0 Å². The number of hydrazone groups is 1. The Kier molecular flexibility index (Phi) is 3.65. The quantitative estimate of drug-likeness (QED) is 0.591. The summed E-state index contributed by atoms with van der Waals surface area (Å²) in [7, 11) is 0. The molecule has 0 saturated heterocycles. The van der Waals surface area contributed by atoms with Crippen molar-refractivity contribution in [2.24, 2.45) is 5.10 Å². The molecule has 0 saturated carbocycles. The van der Waals surface area contributed by atoms with Gasteiger partial charge in [-0.3, -0.25) is 0 Å². The van der Waals surface area contributed by atoms with E-state index in [0.29, 0.717) is 6.54 Å². The number of fused-ring (bicyclic) bond motifs is 1. The molecule has 0 amide bonds. The average Bonchev–Trinajstić information content (AvgIpc) is 2.88. The van der Waals surface area contributed by atoms with Crippen LogP contribution in [0.1, 0.15) is 11.3 Å². The zero-order valence-electron chi connectivity index (χ0n) is 10.7. The smallest absolute Gasteiger partial charge is 0.137 e. The third-order valence-electron chi connectivity index (χ3n) is 2.85. The Balaban J connectivity index is 1.60. The van der Waals surface area contributed by atoms with Gasteiger partial charge >= 0.3 is 0 Å². The molecule has 100 valence electrons. The lowest BCUT2D eigenvalue weighted by Crippen LogP contribution is -2.05. The van der Waals surface area contributed by atoms with Gasteiger partial charge in [-0.2, -0.15) is 5.10 Å². The van der Waals surface area contributed by atoms with Crippen LogP contribution in [0.3, 0.4) is 0 Å². The number of aromatic nitrogens is 2. The van der Waals surface area contributed by atoms with E-state index in [-0.39, 0.29) is 0 Å². The minimum absolute atomic E-state index is 0.589. The van der Waals surface area contributed by atoms with E-state index in [1.807, 2.05) is 59.3 Å². The van der Waals surface area contributed by atoms with Crippen molar-refractivity contribution in [3.05, 3.63) is 71.1 Å². The predicted molar refractivity (Wildman–Crippen MR) is 81.1 cm³/mol. The Hall–Kier alpha value is -2.33. The molecule has 0 atom stereocenters. The van der Waals surface area contributed by atoms with E-state index in [9.17, 15) is 0 Å². The zero-order chi connectivity index (χ0) is 13.8. The summed E-state index contributed by atoms with van der Waals surface area (Å²) in [5, 5.41) is 4.89. The van der Waals surface area contributed by atoms with Gasteiger partial charge in [-0.1, -0.05) is 29.8 Å². The first kappa shape index (κ1) is 12.7. The monoisotopic (exact) mass is 284 g/mol. The fourth-order valence-corrected chi connectivity index (χ4v) is 1.99. The van der Waals surface area contributed by atoms with Crippen LogP contribution >= 0.6 is 11.6 Å². The van der Waals surface area contributed by atoms with Crippen LogP contribution in [0.4, 0.5) is 0 Å². The molecule has 0 spiro atoms. The van der Waals surface area contributed by atoms with Crippen molar-refractivity contribution in [3.63, 3.8) is 0 Å². The number of nitrogens with one attached hydrogen (secondary N) is 1. The molecule has 20 heavy (non-hydrogen) atoms. The maximum absolute atomic E-state index is 5.82. The highest BCUT2D eigenvalue weighted by Crippen LogP contribution is 2.08. The highest BCUT2D eigenvalue weighted by molar-refractivity contribution is 6.30. The molecule has 0 aliphatic heterocycles. The second kappa shape index (κ2) is 5.75. The van der Waals surface area contributed by atoms with Crippen molar-refractivity contribution in [2.75, 3.05) is 0 Å². The third kappa shape index (κ3) is 2.97. The standard InChI is InChI=1S/C15H13ClN4/c16-13-6-4-12(5-7-13)9-17-18-10-14-11-20-8-2-1-3-15(20)19-14/h1-9,11,18H,10H2. The van der Waals surface area contributed by atoms with Gasteiger partial charge in [-0.05, 0) is 29.8 Å². The van der Waals surface area contributed by atoms with Crippen LogP contribution in [0.25, 0.3) is 5.65 Å². The molecule has 0 bridgehead atoms. The maximum atomic E-state index is 5.82. The van der Waals surface area contributed by atoms with E-state index in [4.69, 9.17) is 11.6 Å². The lowest BCUT2D eigenvalue weighted by Gasteiger charge is -1.96. The molecule has 0 unspecified atom stereocenters. The summed E-state index contributed by atoms with van der Waals surface area (Å²) < 4.78 is 1.99. The molecule has 0 fully saturated rings. The molecule has 2 heterocycles. The normalized spacial score (nSPS) is 11.2. The topological polar surface area (TPSA) is 41.7 Å². The van der Waals surface area contributed by atoms with Gasteiger partial charge in [-0.25, -0.2) is 4.98 Å². The van der Waals surface area contributed by atoms with E-state index < -0.39 is 0 Å². The van der Waals surface area contributed by atoms with Crippen molar-refractivity contribution in [1.29, 1.82) is 0 Å². The molecule has 1 aromatic carbocycles. The van der Waals surface area contributed by atoms with Crippen LogP contribution < -0.4 is 5.43 Å². The highest BCUT2D eigenvalue weighted by atomic mass is 35.5. The lowest BCUT2D eigenvalue weighted by molar-refractivity contribution is 0.734. The number of nitrogens with zero attached hydrogens (tertiary/aromatic N) is 3. The highest BCUT2D eigenvalue weighted by Gasteiger charge is 1.98. The molecule has 0 aliphatic rings. The van der Waals surface area contributed by atoms with Gasteiger partial charge in [-0.15, -0.1) is 0 Å². The van der Waals surface area contributed by atoms with Crippen LogP contribution in [0.5, 0.6) is 0 Å². The molecule has 3 rings (SSSR count). The fraction of sp³-hybridized carbons (Fsp3) is 0.0667. The largest absolute Gasteiger partial charge is 0.307 e. The molecule has 4 nitrogen and oxygen atoms in total. The van der Waals surface area contributed by atoms with E-state index in [1.165, 1.54) is 0 Å². The van der Waals surface area contributed by atoms with Gasteiger partial charge in [0.05, 0.1) is 18.5 Å². The number of imidazole rings is 1. The molecular formula is C15H13ClN4. The number of halogens is 1. The SMILES string of the molecule is Clc1ccc(C=NNCc2cn3ccccc3n2)cc1. The first-order chi connectivity index (χ1) is 9.81. The number of hydrogen-bond donors (Lipinski definition) is 1. The molecule has 0 aliphatic carbocycles. The first-order valence-electron chi connectivity index (χ1n) is 6.25. The van der Waals surface area contributed by atoms with E-state index in [2.05, 4.69) is 15.5 Å². The predicted octanol–water partition coefficient (Wildman–Crippen LogP) is 3.11. The summed E-state index contributed by atoms with van der Waals surface area (Å²) in [6.07, 6.45) is 5.72. The summed E-state index contributed by atoms with van der Waals surface area (Å²) >= 11 is 5.82. The lowest BCUT2D eigenvalue weighted by atomic mass is 10.2. The minimum Gasteiger partial charge on any atom is -0.307 e. The van der Waals surface area contributed by atoms with Gasteiger partial charge < -0.3 is 9.83 Å². The van der Waals surface area contributed by atoms with Crippen LogP contribution in [0.15, 0.2) is 60.0 Å². The van der Waals surface area contributed by atoms with Crippen LogP contribution in [0, 0.1) is 0 Å². The minimum atomic E-state index is 0.589. The summed E-state index contributed by atoms with van der Waals surface area (Å²) in [6.45, 7) is 0.589. The summed E-state index contributed by atoms with van der Waals surface area (Å²) in [4.78, 5) is 4.48. The number of benzene rings is 1. The number of rotatable bonds is 4. The Morgan fingerprint density at radius 2 is 2.05 bits per heavy atom. The molecule has 1 N–H and O–H groups in total.